The van der Waals surface area contributed by atoms with Crippen molar-refractivity contribution < 1.29 is 19.4 Å². The molecule has 2 N–H and O–H groups in total. The lowest BCUT2D eigenvalue weighted by Gasteiger charge is -2.31. The minimum atomic E-state index is -1.43. The van der Waals surface area contributed by atoms with Crippen LogP contribution in [0.4, 0.5) is 0 Å². The summed E-state index contributed by atoms with van der Waals surface area (Å²) in [5, 5.41) is 14.0. The van der Waals surface area contributed by atoms with Gasteiger partial charge in [-0.05, 0) is 78.2 Å². The first-order valence-electron chi connectivity index (χ1n) is 14.2. The molecule has 0 spiro atoms. The second-order valence-electron chi connectivity index (χ2n) is 10.5. The van der Waals surface area contributed by atoms with Crippen LogP contribution in [0.3, 0.4) is 0 Å². The van der Waals surface area contributed by atoms with Crippen LogP contribution >= 0.6 is 62.3 Å². The summed E-state index contributed by atoms with van der Waals surface area (Å²) in [5.41, 5.74) is 1.55. The predicted octanol–water partition coefficient (Wildman–Crippen LogP) is 8.68. The molecule has 0 radical (unpaired) electrons. The van der Waals surface area contributed by atoms with Crippen molar-refractivity contribution in [2.45, 2.75) is 30.9 Å². The van der Waals surface area contributed by atoms with E-state index in [1.165, 1.54) is 0 Å². The standard InChI is InChI=1S/C34H29BrCl4N2O4/c35-24-7-2-21(3-8-24)20-34(33(43)40-15-14-22-4-9-25(36)18-29(22)38)31(28-13-10-26(37)19-30(28)39)45-32(41-34)23-5-11-27(12-6-23)44-17-1-16-42/h2-13,18-19,31,42H,1,14-17,20H2,(H,40,43)/t31-,34-/m1/s1. The third kappa shape index (κ3) is 8.15. The van der Waals surface area contributed by atoms with E-state index in [2.05, 4.69) is 21.2 Å². The average Bonchev–Trinajstić information content (AvgIpc) is 3.40. The number of ether oxygens (including phenoxy) is 2. The summed E-state index contributed by atoms with van der Waals surface area (Å²) < 4.78 is 13.2. The number of hydrogen-bond acceptors (Lipinski definition) is 5. The first-order valence-corrected chi connectivity index (χ1v) is 16.5. The van der Waals surface area contributed by atoms with Gasteiger partial charge in [0.25, 0.3) is 5.91 Å². The zero-order valence-electron chi connectivity index (χ0n) is 23.9. The van der Waals surface area contributed by atoms with Crippen LogP contribution in [-0.2, 0) is 22.4 Å². The van der Waals surface area contributed by atoms with Crippen molar-refractivity contribution in [1.29, 1.82) is 0 Å². The highest BCUT2D eigenvalue weighted by Gasteiger charge is 2.53. The Balaban J connectivity index is 1.53. The molecule has 45 heavy (non-hydrogen) atoms. The van der Waals surface area contributed by atoms with E-state index in [1.807, 2.05) is 42.5 Å². The van der Waals surface area contributed by atoms with Gasteiger partial charge in [-0.15, -0.1) is 0 Å². The number of amides is 1. The maximum Gasteiger partial charge on any atom is 0.252 e. The number of rotatable bonds is 12. The number of carbonyl (C=O) groups is 1. The number of hydrogen-bond donors (Lipinski definition) is 2. The number of carbonyl (C=O) groups excluding carboxylic acids is 1. The van der Waals surface area contributed by atoms with Crippen molar-refractivity contribution in [3.63, 3.8) is 0 Å². The van der Waals surface area contributed by atoms with E-state index in [1.54, 1.807) is 42.5 Å². The van der Waals surface area contributed by atoms with E-state index in [0.29, 0.717) is 68.9 Å². The third-order valence-corrected chi connectivity index (χ3v) is 9.03. The molecule has 234 valence electrons. The molecule has 0 fully saturated rings. The summed E-state index contributed by atoms with van der Waals surface area (Å²) in [7, 11) is 0. The van der Waals surface area contributed by atoms with E-state index < -0.39 is 11.6 Å². The Hall–Kier alpha value is -2.78. The maximum atomic E-state index is 14.4. The zero-order valence-corrected chi connectivity index (χ0v) is 28.5. The second kappa shape index (κ2) is 15.2. The van der Waals surface area contributed by atoms with Crippen molar-refractivity contribution in [1.82, 2.24) is 5.32 Å². The van der Waals surface area contributed by atoms with Crippen LogP contribution in [0, 0.1) is 0 Å². The third-order valence-electron chi connectivity index (χ3n) is 7.36. The molecule has 0 bridgehead atoms. The molecule has 1 amide bonds. The molecule has 4 aromatic rings. The van der Waals surface area contributed by atoms with Gasteiger partial charge >= 0.3 is 0 Å². The number of halogens is 5. The summed E-state index contributed by atoms with van der Waals surface area (Å²) in [4.78, 5) is 19.5. The van der Waals surface area contributed by atoms with E-state index >= 15 is 0 Å². The number of aliphatic hydroxyl groups is 1. The molecule has 4 aromatic carbocycles. The average molecular weight is 751 g/mol. The molecule has 11 heteroatoms. The molecule has 0 unspecified atom stereocenters. The zero-order chi connectivity index (χ0) is 32.0. The Morgan fingerprint density at radius 1 is 0.933 bits per heavy atom. The number of benzene rings is 4. The van der Waals surface area contributed by atoms with Crippen LogP contribution in [0.25, 0.3) is 0 Å². The van der Waals surface area contributed by atoms with Crippen LogP contribution in [0.5, 0.6) is 5.75 Å². The van der Waals surface area contributed by atoms with Gasteiger partial charge in [-0.25, -0.2) is 4.99 Å². The van der Waals surface area contributed by atoms with Crippen LogP contribution in [-0.4, -0.2) is 42.2 Å². The van der Waals surface area contributed by atoms with Gasteiger partial charge in [-0.2, -0.15) is 0 Å². The van der Waals surface area contributed by atoms with E-state index in [-0.39, 0.29) is 18.9 Å². The molecule has 0 saturated heterocycles. The Morgan fingerprint density at radius 2 is 1.62 bits per heavy atom. The lowest BCUT2D eigenvalue weighted by molar-refractivity contribution is -0.128. The predicted molar refractivity (Wildman–Crippen MR) is 184 cm³/mol. The minimum Gasteiger partial charge on any atom is -0.494 e. The molecule has 0 aromatic heterocycles. The summed E-state index contributed by atoms with van der Waals surface area (Å²) in [6, 6.07) is 25.4. The number of aliphatic imine (C=N–C) groups is 1. The first-order chi connectivity index (χ1) is 21.7. The Labute approximate surface area is 290 Å². The summed E-state index contributed by atoms with van der Waals surface area (Å²) >= 11 is 29.0. The smallest absolute Gasteiger partial charge is 0.252 e. The summed E-state index contributed by atoms with van der Waals surface area (Å²) in [6.07, 6.45) is 0.362. The van der Waals surface area contributed by atoms with Crippen LogP contribution in [0.1, 0.15) is 34.8 Å². The van der Waals surface area contributed by atoms with Crippen molar-refractivity contribution in [3.8, 4) is 5.75 Å². The highest BCUT2D eigenvalue weighted by atomic mass is 79.9. The molecule has 6 nitrogen and oxygen atoms in total. The van der Waals surface area contributed by atoms with Gasteiger partial charge in [0.05, 0.1) is 6.61 Å². The summed E-state index contributed by atoms with van der Waals surface area (Å²) in [5.74, 6) is 0.606. The number of nitrogens with zero attached hydrogens (tertiary/aromatic N) is 1. The fraction of sp³-hybridized carbons (Fsp3) is 0.235. The van der Waals surface area contributed by atoms with Crippen LogP contribution < -0.4 is 10.1 Å². The highest BCUT2D eigenvalue weighted by molar-refractivity contribution is 9.10. The van der Waals surface area contributed by atoms with Crippen LogP contribution in [0.15, 0.2) is 94.4 Å². The summed E-state index contributed by atoms with van der Waals surface area (Å²) in [6.45, 7) is 0.739. The Kier molecular flexibility index (Phi) is 11.3. The molecule has 0 aliphatic carbocycles. The van der Waals surface area contributed by atoms with Gasteiger partial charge in [0, 0.05) is 61.7 Å². The lowest BCUT2D eigenvalue weighted by Crippen LogP contribution is -2.50. The van der Waals surface area contributed by atoms with Crippen molar-refractivity contribution >= 4 is 74.1 Å². The van der Waals surface area contributed by atoms with Gasteiger partial charge in [-0.3, -0.25) is 4.79 Å². The van der Waals surface area contributed by atoms with E-state index in [0.717, 1.165) is 15.6 Å². The molecule has 1 heterocycles. The van der Waals surface area contributed by atoms with E-state index in [9.17, 15) is 4.79 Å². The fourth-order valence-corrected chi connectivity index (χ4v) is 6.35. The molecular formula is C34H29BrCl4N2O4. The monoisotopic (exact) mass is 748 g/mol. The first kappa shape index (κ1) is 33.6. The Bertz CT molecular complexity index is 1690. The quantitative estimate of drug-likeness (QED) is 0.142. The molecule has 1 aliphatic rings. The molecule has 5 rings (SSSR count). The van der Waals surface area contributed by atoms with Crippen LogP contribution in [0.2, 0.25) is 20.1 Å². The largest absolute Gasteiger partial charge is 0.494 e. The number of aliphatic hydroxyl groups excluding tert-OH is 1. The number of nitrogens with one attached hydrogen (secondary N) is 1. The molecular weight excluding hydrogens is 722 g/mol. The molecule has 1 aliphatic heterocycles. The molecule has 0 saturated carbocycles. The normalized spacial score (nSPS) is 17.5. The van der Waals surface area contributed by atoms with Gasteiger partial charge in [-0.1, -0.05) is 86.6 Å². The van der Waals surface area contributed by atoms with Crippen molar-refractivity contribution in [3.05, 3.63) is 132 Å². The lowest BCUT2D eigenvalue weighted by atomic mass is 9.82. The fourth-order valence-electron chi connectivity index (χ4n) is 5.08. The SMILES string of the molecule is O=C(NCCc1ccc(Cl)cc1Cl)[C@]1(Cc2ccc(Br)cc2)N=C(c2ccc(OCCCO)cc2)O[C@@H]1c1ccc(Cl)cc1Cl. The topological polar surface area (TPSA) is 80.2 Å². The Morgan fingerprint density at radius 3 is 2.29 bits per heavy atom. The second-order valence-corrected chi connectivity index (χ2v) is 13.1. The van der Waals surface area contributed by atoms with Crippen molar-refractivity contribution in [2.75, 3.05) is 19.8 Å². The maximum absolute atomic E-state index is 14.4. The van der Waals surface area contributed by atoms with Crippen molar-refractivity contribution in [2.24, 2.45) is 4.99 Å². The van der Waals surface area contributed by atoms with Gasteiger partial charge in [0.15, 0.2) is 11.6 Å². The van der Waals surface area contributed by atoms with Gasteiger partial charge in [0.1, 0.15) is 5.75 Å². The van der Waals surface area contributed by atoms with Gasteiger partial charge in [0.2, 0.25) is 5.90 Å². The van der Waals surface area contributed by atoms with E-state index in [4.69, 9.17) is 66.0 Å². The molecule has 2 atom stereocenters. The minimum absolute atomic E-state index is 0.0482. The van der Waals surface area contributed by atoms with Gasteiger partial charge < -0.3 is 19.9 Å². The highest BCUT2D eigenvalue weighted by Crippen LogP contribution is 2.45.